The predicted octanol–water partition coefficient (Wildman–Crippen LogP) is 4.08. The summed E-state index contributed by atoms with van der Waals surface area (Å²) in [5.74, 6) is -0.730. The van der Waals surface area contributed by atoms with E-state index in [4.69, 9.17) is 10.5 Å². The Morgan fingerprint density at radius 2 is 1.64 bits per heavy atom. The predicted molar refractivity (Wildman–Crippen MR) is 124 cm³/mol. The molecule has 2 aromatic carbocycles. The third kappa shape index (κ3) is 9.27. The molecule has 5 N–H and O–H groups in total. The van der Waals surface area contributed by atoms with Crippen molar-refractivity contribution in [2.45, 2.75) is 44.8 Å². The van der Waals surface area contributed by atoms with Gasteiger partial charge in [0.25, 0.3) is 5.91 Å². The summed E-state index contributed by atoms with van der Waals surface area (Å²) in [6, 6.07) is 10.0. The summed E-state index contributed by atoms with van der Waals surface area (Å²) in [5, 5.41) is 24.8. The fourth-order valence-corrected chi connectivity index (χ4v) is 3.24. The number of nitrogens with one attached hydrogen (secondary N) is 4. The van der Waals surface area contributed by atoms with Crippen LogP contribution in [-0.2, 0) is 17.5 Å². The van der Waals surface area contributed by atoms with E-state index >= 15 is 0 Å². The Bertz CT molecular complexity index is 1100. The van der Waals surface area contributed by atoms with Gasteiger partial charge in [0.2, 0.25) is 5.91 Å². The van der Waals surface area contributed by atoms with Crippen LogP contribution < -0.4 is 21.4 Å². The third-order valence-corrected chi connectivity index (χ3v) is 5.13. The van der Waals surface area contributed by atoms with Crippen LogP contribution in [0.3, 0.4) is 0 Å². The number of amides is 4. The summed E-state index contributed by atoms with van der Waals surface area (Å²) >= 11 is 0. The average molecular weight is 505 g/mol. The summed E-state index contributed by atoms with van der Waals surface area (Å²) in [4.78, 5) is 35.2. The fourth-order valence-electron chi connectivity index (χ4n) is 3.24. The smallest absolute Gasteiger partial charge is 0.352 e. The molecule has 0 bridgehead atoms. The van der Waals surface area contributed by atoms with E-state index in [1.807, 2.05) is 0 Å². The van der Waals surface area contributed by atoms with E-state index < -0.39 is 30.2 Å². The standard InChI is InChI=1S/C24H26F3N5O4/c25-24(26,27)20-13-16(14-28)6-7-18(20)15-30-23(35)31-19-10-8-17(9-11-19)22(34)29-12-4-2-1-3-5-21(33)32-36/h6-11,13,36H,1-5,12,15H2,(H,29,34)(H,32,33)(H2,30,31,35). The minimum absolute atomic E-state index is 0.135. The lowest BCUT2D eigenvalue weighted by Crippen LogP contribution is -2.29. The molecule has 192 valence electrons. The van der Waals surface area contributed by atoms with E-state index in [2.05, 4.69) is 16.0 Å². The number of hydroxylamine groups is 1. The number of nitriles is 1. The highest BCUT2D eigenvalue weighted by atomic mass is 19.4. The highest BCUT2D eigenvalue weighted by molar-refractivity contribution is 5.95. The molecule has 0 aliphatic heterocycles. The van der Waals surface area contributed by atoms with Gasteiger partial charge in [0.05, 0.1) is 17.2 Å². The van der Waals surface area contributed by atoms with Gasteiger partial charge >= 0.3 is 12.2 Å². The summed E-state index contributed by atoms with van der Waals surface area (Å²) in [6.07, 6.45) is -1.47. The average Bonchev–Trinajstić information content (AvgIpc) is 2.86. The molecule has 0 saturated carbocycles. The highest BCUT2D eigenvalue weighted by Gasteiger charge is 2.33. The normalized spacial score (nSPS) is 10.8. The second-order valence-electron chi connectivity index (χ2n) is 7.82. The van der Waals surface area contributed by atoms with Gasteiger partial charge in [-0.25, -0.2) is 10.3 Å². The van der Waals surface area contributed by atoms with Gasteiger partial charge < -0.3 is 16.0 Å². The molecule has 36 heavy (non-hydrogen) atoms. The molecule has 12 heteroatoms. The number of anilines is 1. The zero-order valence-corrected chi connectivity index (χ0v) is 19.2. The van der Waals surface area contributed by atoms with Crippen LogP contribution >= 0.6 is 0 Å². The van der Waals surface area contributed by atoms with Crippen LogP contribution in [0, 0.1) is 11.3 Å². The van der Waals surface area contributed by atoms with Crippen molar-refractivity contribution in [3.8, 4) is 6.07 Å². The zero-order chi connectivity index (χ0) is 26.6. The molecule has 0 saturated heterocycles. The number of nitrogens with zero attached hydrogens (tertiary/aromatic N) is 1. The van der Waals surface area contributed by atoms with Gasteiger partial charge in [-0.2, -0.15) is 18.4 Å². The Morgan fingerprint density at radius 3 is 2.28 bits per heavy atom. The number of carbonyl (C=O) groups excluding carboxylic acids is 3. The van der Waals surface area contributed by atoms with Crippen molar-refractivity contribution < 1.29 is 32.8 Å². The number of benzene rings is 2. The van der Waals surface area contributed by atoms with E-state index in [1.165, 1.54) is 30.3 Å². The van der Waals surface area contributed by atoms with Crippen LogP contribution in [0.15, 0.2) is 42.5 Å². The number of unbranched alkanes of at least 4 members (excludes halogenated alkanes) is 3. The molecule has 2 rings (SSSR count). The second-order valence-corrected chi connectivity index (χ2v) is 7.82. The Labute approximate surface area is 205 Å². The summed E-state index contributed by atoms with van der Waals surface area (Å²) < 4.78 is 39.7. The summed E-state index contributed by atoms with van der Waals surface area (Å²) in [7, 11) is 0. The van der Waals surface area contributed by atoms with Crippen molar-refractivity contribution in [1.29, 1.82) is 5.26 Å². The Morgan fingerprint density at radius 1 is 0.944 bits per heavy atom. The first-order chi connectivity index (χ1) is 17.1. The molecule has 0 unspecified atom stereocenters. The molecule has 0 aromatic heterocycles. The van der Waals surface area contributed by atoms with E-state index in [0.717, 1.165) is 31.4 Å². The molecule has 0 atom stereocenters. The molecule has 2 aromatic rings. The quantitative estimate of drug-likeness (QED) is 0.178. The van der Waals surface area contributed by atoms with E-state index in [1.54, 1.807) is 11.5 Å². The lowest BCUT2D eigenvalue weighted by Gasteiger charge is -2.14. The zero-order valence-electron chi connectivity index (χ0n) is 19.2. The van der Waals surface area contributed by atoms with Crippen LogP contribution in [0.4, 0.5) is 23.7 Å². The highest BCUT2D eigenvalue weighted by Crippen LogP contribution is 2.32. The van der Waals surface area contributed by atoms with Crippen LogP contribution in [0.5, 0.6) is 0 Å². The maximum atomic E-state index is 13.2. The van der Waals surface area contributed by atoms with E-state index in [0.29, 0.717) is 24.2 Å². The number of rotatable bonds is 11. The van der Waals surface area contributed by atoms with Crippen LogP contribution in [-0.4, -0.2) is 29.6 Å². The first-order valence-corrected chi connectivity index (χ1v) is 11.1. The molecular formula is C24H26F3N5O4. The van der Waals surface area contributed by atoms with Crippen molar-refractivity contribution in [2.24, 2.45) is 0 Å². The van der Waals surface area contributed by atoms with Crippen molar-refractivity contribution >= 4 is 23.5 Å². The Kier molecular flexibility index (Phi) is 10.7. The molecule has 0 spiro atoms. The molecular weight excluding hydrogens is 479 g/mol. The molecule has 0 fully saturated rings. The number of alkyl halides is 3. The Hall–Kier alpha value is -4.11. The fraction of sp³-hybridized carbons (Fsp3) is 0.333. The SMILES string of the molecule is N#Cc1ccc(CNC(=O)Nc2ccc(C(=O)NCCCCCCC(=O)NO)cc2)c(C(F)(F)F)c1. The van der Waals surface area contributed by atoms with Crippen molar-refractivity contribution in [3.05, 3.63) is 64.7 Å². The summed E-state index contributed by atoms with van der Waals surface area (Å²) in [6.45, 7) is 0.0458. The van der Waals surface area contributed by atoms with Crippen molar-refractivity contribution in [3.63, 3.8) is 0 Å². The maximum absolute atomic E-state index is 13.2. The van der Waals surface area contributed by atoms with Crippen molar-refractivity contribution in [1.82, 2.24) is 16.1 Å². The molecule has 0 aliphatic carbocycles. The molecule has 4 amide bonds. The maximum Gasteiger partial charge on any atom is 0.416 e. The van der Waals surface area contributed by atoms with Crippen LogP contribution in [0.25, 0.3) is 0 Å². The van der Waals surface area contributed by atoms with Crippen LogP contribution in [0.2, 0.25) is 0 Å². The largest absolute Gasteiger partial charge is 0.416 e. The number of hydrogen-bond acceptors (Lipinski definition) is 5. The van der Waals surface area contributed by atoms with Gasteiger partial charge in [0.1, 0.15) is 0 Å². The third-order valence-electron chi connectivity index (χ3n) is 5.13. The Balaban J connectivity index is 1.78. The molecule has 0 heterocycles. The molecule has 0 aliphatic rings. The minimum Gasteiger partial charge on any atom is -0.352 e. The topological polar surface area (TPSA) is 143 Å². The number of hydrogen-bond donors (Lipinski definition) is 5. The summed E-state index contributed by atoms with van der Waals surface area (Å²) in [5.41, 5.74) is 0.967. The van der Waals surface area contributed by atoms with E-state index in [9.17, 15) is 27.6 Å². The number of carbonyl (C=O) groups is 3. The van der Waals surface area contributed by atoms with Gasteiger partial charge in [-0.3, -0.25) is 14.8 Å². The van der Waals surface area contributed by atoms with Gasteiger partial charge in [0.15, 0.2) is 0 Å². The van der Waals surface area contributed by atoms with Gasteiger partial charge in [-0.1, -0.05) is 18.9 Å². The van der Waals surface area contributed by atoms with Gasteiger partial charge in [-0.15, -0.1) is 0 Å². The van der Waals surface area contributed by atoms with Gasteiger partial charge in [-0.05, 0) is 54.8 Å². The van der Waals surface area contributed by atoms with Crippen LogP contribution in [0.1, 0.15) is 59.2 Å². The molecule has 0 radical (unpaired) electrons. The van der Waals surface area contributed by atoms with Crippen molar-refractivity contribution in [2.75, 3.05) is 11.9 Å². The lowest BCUT2D eigenvalue weighted by atomic mass is 10.0. The number of urea groups is 1. The number of halogens is 3. The first-order valence-electron chi connectivity index (χ1n) is 11.1. The minimum atomic E-state index is -4.67. The van der Waals surface area contributed by atoms with Gasteiger partial charge in [0, 0.05) is 30.8 Å². The second kappa shape index (κ2) is 13.7. The monoisotopic (exact) mass is 505 g/mol. The van der Waals surface area contributed by atoms with E-state index in [-0.39, 0.29) is 23.5 Å². The molecule has 9 nitrogen and oxygen atoms in total. The lowest BCUT2D eigenvalue weighted by molar-refractivity contribution is -0.138. The first kappa shape index (κ1) is 28.1.